The molecule has 18 heavy (non-hydrogen) atoms. The largest absolute Gasteiger partial charge is 0.344 e. The average molecular weight is 274 g/mol. The Morgan fingerprint density at radius 3 is 2.61 bits per heavy atom. The number of carbonyl (C=O) groups excluding carboxylic acids is 1. The highest BCUT2D eigenvalue weighted by molar-refractivity contribution is 7.91. The predicted octanol–water partition coefficient (Wildman–Crippen LogP) is 0.163. The monoisotopic (exact) mass is 274 g/mol. The summed E-state index contributed by atoms with van der Waals surface area (Å²) in [5.41, 5.74) is 0. The summed E-state index contributed by atoms with van der Waals surface area (Å²) in [6.45, 7) is 0.686. The van der Waals surface area contributed by atoms with Crippen LogP contribution in [0.4, 0.5) is 0 Å². The first-order valence-corrected chi connectivity index (χ1v) is 8.52. The van der Waals surface area contributed by atoms with Crippen molar-refractivity contribution in [3.8, 4) is 0 Å². The molecule has 3 atom stereocenters. The summed E-state index contributed by atoms with van der Waals surface area (Å²) in [4.78, 5) is 13.1. The van der Waals surface area contributed by atoms with Crippen molar-refractivity contribution >= 4 is 15.7 Å². The topological polar surface area (TPSA) is 66.5 Å². The van der Waals surface area contributed by atoms with Gasteiger partial charge < -0.3 is 10.2 Å². The lowest BCUT2D eigenvalue weighted by molar-refractivity contribution is -0.132. The first-order valence-electron chi connectivity index (χ1n) is 6.57. The summed E-state index contributed by atoms with van der Waals surface area (Å²) >= 11 is 0. The lowest BCUT2D eigenvalue weighted by atomic mass is 10.0. The highest BCUT2D eigenvalue weighted by atomic mass is 32.2. The Bertz CT molecular complexity index is 421. The minimum absolute atomic E-state index is 0.0617. The number of carbonyl (C=O) groups is 1. The summed E-state index contributed by atoms with van der Waals surface area (Å²) < 4.78 is 23.4. The minimum atomic E-state index is -2.97. The van der Waals surface area contributed by atoms with Crippen molar-refractivity contribution in [2.24, 2.45) is 0 Å². The predicted molar refractivity (Wildman–Crippen MR) is 70.1 cm³/mol. The van der Waals surface area contributed by atoms with Gasteiger partial charge in [0.05, 0.1) is 5.25 Å². The van der Waals surface area contributed by atoms with Gasteiger partial charge in [-0.1, -0.05) is 6.42 Å². The molecule has 0 aromatic heterocycles. The number of piperidine rings is 1. The van der Waals surface area contributed by atoms with Crippen LogP contribution in [0.25, 0.3) is 0 Å². The molecule has 1 saturated heterocycles. The maximum atomic E-state index is 11.7. The first-order chi connectivity index (χ1) is 8.38. The fraction of sp³-hybridized carbons (Fsp3) is 0.917. The number of amides is 1. The molecule has 1 N–H and O–H groups in total. The number of likely N-dealkylation sites (N-methyl/N-ethyl adjacent to an activating group) is 1. The van der Waals surface area contributed by atoms with Crippen molar-refractivity contribution < 1.29 is 13.2 Å². The Morgan fingerprint density at radius 1 is 1.28 bits per heavy atom. The van der Waals surface area contributed by atoms with Gasteiger partial charge in [-0.15, -0.1) is 0 Å². The Balaban J connectivity index is 1.95. The van der Waals surface area contributed by atoms with E-state index in [4.69, 9.17) is 0 Å². The zero-order valence-electron chi connectivity index (χ0n) is 11.1. The van der Waals surface area contributed by atoms with E-state index in [-0.39, 0.29) is 23.2 Å². The van der Waals surface area contributed by atoms with E-state index in [1.807, 2.05) is 0 Å². The summed E-state index contributed by atoms with van der Waals surface area (Å²) in [6, 6.07) is 0.298. The first kappa shape index (κ1) is 13.8. The Kier molecular flexibility index (Phi) is 3.96. The van der Waals surface area contributed by atoms with Crippen molar-refractivity contribution in [1.29, 1.82) is 0 Å². The van der Waals surface area contributed by atoms with Gasteiger partial charge in [-0.25, -0.2) is 8.42 Å². The van der Waals surface area contributed by atoms with Crippen LogP contribution in [0.15, 0.2) is 0 Å². The number of hydrogen-bond donors (Lipinski definition) is 1. The van der Waals surface area contributed by atoms with Crippen LogP contribution in [0.2, 0.25) is 0 Å². The van der Waals surface area contributed by atoms with Crippen molar-refractivity contribution in [2.45, 2.75) is 49.4 Å². The highest BCUT2D eigenvalue weighted by Crippen LogP contribution is 2.26. The molecule has 1 aliphatic heterocycles. The third-order valence-electron chi connectivity index (χ3n) is 4.08. The molecule has 0 bridgehead atoms. The molecular weight excluding hydrogens is 252 g/mol. The molecule has 0 spiro atoms. The number of nitrogens with zero attached hydrogens (tertiary/aromatic N) is 1. The number of nitrogens with one attached hydrogen (secondary N) is 1. The van der Waals surface area contributed by atoms with Crippen LogP contribution in [0.1, 0.15) is 32.1 Å². The van der Waals surface area contributed by atoms with E-state index in [9.17, 15) is 13.2 Å². The lowest BCUT2D eigenvalue weighted by Crippen LogP contribution is -2.52. The number of hydrogen-bond acceptors (Lipinski definition) is 4. The summed E-state index contributed by atoms with van der Waals surface area (Å²) in [5, 5.41) is 3.20. The summed E-state index contributed by atoms with van der Waals surface area (Å²) in [6.07, 6.45) is 5.36. The fourth-order valence-corrected chi connectivity index (χ4v) is 4.49. The third kappa shape index (κ3) is 3.03. The van der Waals surface area contributed by atoms with Crippen LogP contribution in [0, 0.1) is 0 Å². The number of likely N-dealkylation sites (tertiary alicyclic amines) is 1. The highest BCUT2D eigenvalue weighted by Gasteiger charge is 2.36. The quantitative estimate of drug-likeness (QED) is 0.796. The van der Waals surface area contributed by atoms with E-state index in [2.05, 4.69) is 5.32 Å². The molecule has 2 rings (SSSR count). The van der Waals surface area contributed by atoms with Crippen molar-refractivity contribution in [3.05, 3.63) is 0 Å². The van der Waals surface area contributed by atoms with E-state index in [1.165, 1.54) is 6.26 Å². The van der Waals surface area contributed by atoms with Gasteiger partial charge in [-0.2, -0.15) is 0 Å². The van der Waals surface area contributed by atoms with E-state index >= 15 is 0 Å². The van der Waals surface area contributed by atoms with Crippen molar-refractivity contribution in [3.63, 3.8) is 0 Å². The Labute approximate surface area is 109 Å². The number of sulfone groups is 1. The van der Waals surface area contributed by atoms with Crippen LogP contribution >= 0.6 is 0 Å². The van der Waals surface area contributed by atoms with Crippen LogP contribution in [0.3, 0.4) is 0 Å². The standard InChI is InChI=1S/C12H22N2O3S/c1-14-8-9(6-7-12(14)15)13-10-4-3-5-11(10)18(2,16)17/h9-11,13H,3-8H2,1-2H3. The molecule has 1 saturated carbocycles. The van der Waals surface area contributed by atoms with E-state index in [1.54, 1.807) is 11.9 Å². The average Bonchev–Trinajstić information content (AvgIpc) is 2.71. The maximum absolute atomic E-state index is 11.7. The van der Waals surface area contributed by atoms with Crippen molar-refractivity contribution in [1.82, 2.24) is 10.2 Å². The van der Waals surface area contributed by atoms with Crippen molar-refractivity contribution in [2.75, 3.05) is 19.8 Å². The molecule has 104 valence electrons. The van der Waals surface area contributed by atoms with Crippen LogP contribution < -0.4 is 5.32 Å². The van der Waals surface area contributed by atoms with E-state index in [0.717, 1.165) is 25.7 Å². The second-order valence-corrected chi connectivity index (χ2v) is 7.85. The molecule has 2 aliphatic rings. The summed E-state index contributed by atoms with van der Waals surface area (Å²) in [7, 11) is -1.17. The molecule has 2 fully saturated rings. The maximum Gasteiger partial charge on any atom is 0.222 e. The number of rotatable bonds is 3. The zero-order chi connectivity index (χ0) is 13.3. The molecule has 6 heteroatoms. The third-order valence-corrected chi connectivity index (χ3v) is 5.74. The van der Waals surface area contributed by atoms with Gasteiger partial charge in [0.1, 0.15) is 0 Å². The second kappa shape index (κ2) is 5.17. The molecule has 3 unspecified atom stereocenters. The van der Waals surface area contributed by atoms with Crippen LogP contribution in [-0.2, 0) is 14.6 Å². The molecule has 1 aliphatic carbocycles. The Hall–Kier alpha value is -0.620. The van der Waals surface area contributed by atoms with Gasteiger partial charge in [0.15, 0.2) is 9.84 Å². The van der Waals surface area contributed by atoms with Gasteiger partial charge in [0, 0.05) is 38.4 Å². The molecule has 5 nitrogen and oxygen atoms in total. The van der Waals surface area contributed by atoms with Crippen LogP contribution in [0.5, 0.6) is 0 Å². The van der Waals surface area contributed by atoms with E-state index in [0.29, 0.717) is 13.0 Å². The van der Waals surface area contributed by atoms with Gasteiger partial charge in [-0.05, 0) is 19.3 Å². The second-order valence-electron chi connectivity index (χ2n) is 5.58. The molecule has 0 radical (unpaired) electrons. The lowest BCUT2D eigenvalue weighted by Gasteiger charge is -2.33. The van der Waals surface area contributed by atoms with Gasteiger partial charge in [-0.3, -0.25) is 4.79 Å². The zero-order valence-corrected chi connectivity index (χ0v) is 11.9. The molecule has 1 amide bonds. The molecular formula is C12H22N2O3S. The SMILES string of the molecule is CN1CC(NC2CCCC2S(C)(=O)=O)CCC1=O. The smallest absolute Gasteiger partial charge is 0.222 e. The van der Waals surface area contributed by atoms with Gasteiger partial charge in [0.2, 0.25) is 5.91 Å². The molecule has 0 aromatic carbocycles. The minimum Gasteiger partial charge on any atom is -0.344 e. The Morgan fingerprint density at radius 2 is 2.00 bits per heavy atom. The fourth-order valence-electron chi connectivity index (χ4n) is 3.08. The molecule has 1 heterocycles. The van der Waals surface area contributed by atoms with E-state index < -0.39 is 9.84 Å². The normalized spacial score (nSPS) is 34.0. The van der Waals surface area contributed by atoms with Crippen LogP contribution in [-0.4, -0.2) is 56.4 Å². The molecule has 0 aromatic rings. The van der Waals surface area contributed by atoms with Gasteiger partial charge in [0.25, 0.3) is 0 Å². The van der Waals surface area contributed by atoms with Gasteiger partial charge >= 0.3 is 0 Å². The summed E-state index contributed by atoms with van der Waals surface area (Å²) in [5.74, 6) is 0.180.